The van der Waals surface area contributed by atoms with E-state index in [4.69, 9.17) is 4.74 Å². The van der Waals surface area contributed by atoms with Gasteiger partial charge in [0, 0.05) is 16.7 Å². The minimum atomic E-state index is -0.971. The smallest absolute Gasteiger partial charge is 0.338 e. The van der Waals surface area contributed by atoms with Crippen LogP contribution in [0.2, 0.25) is 0 Å². The number of hydrogen-bond acceptors (Lipinski definition) is 5. The van der Waals surface area contributed by atoms with Crippen molar-refractivity contribution in [1.82, 2.24) is 0 Å². The summed E-state index contributed by atoms with van der Waals surface area (Å²) >= 11 is 0. The van der Waals surface area contributed by atoms with Gasteiger partial charge in [-0.15, -0.1) is 0 Å². The summed E-state index contributed by atoms with van der Waals surface area (Å²) in [5.74, 6) is -1.09. The first-order valence-corrected chi connectivity index (χ1v) is 8.53. The largest absolute Gasteiger partial charge is 0.508 e. The first kappa shape index (κ1) is 20.2. The van der Waals surface area contributed by atoms with Crippen LogP contribution in [0.15, 0.2) is 48.5 Å². The molecule has 0 aliphatic rings. The summed E-state index contributed by atoms with van der Waals surface area (Å²) < 4.78 is 5.19. The van der Waals surface area contributed by atoms with Crippen LogP contribution in [-0.4, -0.2) is 28.9 Å². The Kier molecular flexibility index (Phi) is 6.00. The zero-order chi connectivity index (χ0) is 20.2. The summed E-state index contributed by atoms with van der Waals surface area (Å²) in [5.41, 5.74) is 0.675. The molecule has 2 rings (SSSR count). The maximum atomic E-state index is 12.5. The van der Waals surface area contributed by atoms with Gasteiger partial charge in [-0.1, -0.05) is 20.8 Å². The fourth-order valence-electron chi connectivity index (χ4n) is 2.15. The van der Waals surface area contributed by atoms with Crippen molar-refractivity contribution in [2.75, 3.05) is 5.32 Å². The van der Waals surface area contributed by atoms with Crippen LogP contribution < -0.4 is 5.32 Å². The molecule has 2 aromatic carbocycles. The highest BCUT2D eigenvalue weighted by Crippen LogP contribution is 2.19. The molecule has 6 nitrogen and oxygen atoms in total. The predicted molar refractivity (Wildman–Crippen MR) is 102 cm³/mol. The summed E-state index contributed by atoms with van der Waals surface area (Å²) in [4.78, 5) is 36.5. The van der Waals surface area contributed by atoms with Gasteiger partial charge in [-0.25, -0.2) is 4.79 Å². The van der Waals surface area contributed by atoms with Gasteiger partial charge in [0.05, 0.1) is 5.56 Å². The van der Waals surface area contributed by atoms with Gasteiger partial charge in [0.1, 0.15) is 5.75 Å². The zero-order valence-electron chi connectivity index (χ0n) is 15.8. The molecule has 0 radical (unpaired) electrons. The standard InChI is InChI=1S/C21H23NO5/c1-13(27-19(25)15-7-11-17(23)12-8-15)18(24)14-5-9-16(10-6-14)22-20(26)21(2,3)4/h5-13,23H,1-4H3,(H,22,26). The molecule has 0 fully saturated rings. The van der Waals surface area contributed by atoms with Gasteiger partial charge >= 0.3 is 5.97 Å². The van der Waals surface area contributed by atoms with Crippen molar-refractivity contribution in [2.24, 2.45) is 5.41 Å². The van der Waals surface area contributed by atoms with Crippen LogP contribution in [-0.2, 0) is 9.53 Å². The molecule has 0 bridgehead atoms. The minimum absolute atomic E-state index is 0.0364. The molecule has 6 heteroatoms. The number of amides is 1. The topological polar surface area (TPSA) is 92.7 Å². The Morgan fingerprint density at radius 3 is 1.96 bits per heavy atom. The van der Waals surface area contributed by atoms with Crippen LogP contribution >= 0.6 is 0 Å². The number of phenolic OH excluding ortho intramolecular Hbond substituents is 1. The highest BCUT2D eigenvalue weighted by Gasteiger charge is 2.22. The van der Waals surface area contributed by atoms with Crippen molar-refractivity contribution >= 4 is 23.3 Å². The molecule has 0 aromatic heterocycles. The Balaban J connectivity index is 2.01. The molecule has 2 aromatic rings. The summed E-state index contributed by atoms with van der Waals surface area (Å²) in [7, 11) is 0. The van der Waals surface area contributed by atoms with E-state index >= 15 is 0 Å². The maximum Gasteiger partial charge on any atom is 0.338 e. The fraction of sp³-hybridized carbons (Fsp3) is 0.286. The Morgan fingerprint density at radius 1 is 0.926 bits per heavy atom. The number of carbonyl (C=O) groups is 3. The lowest BCUT2D eigenvalue weighted by atomic mass is 9.95. The Bertz CT molecular complexity index is 832. The number of rotatable bonds is 5. The second kappa shape index (κ2) is 8.03. The van der Waals surface area contributed by atoms with E-state index in [1.807, 2.05) is 20.8 Å². The molecule has 0 spiro atoms. The average molecular weight is 369 g/mol. The predicted octanol–water partition coefficient (Wildman–Crippen LogP) is 3.81. The van der Waals surface area contributed by atoms with E-state index in [0.717, 1.165) is 0 Å². The molecule has 0 aliphatic heterocycles. The summed E-state index contributed by atoms with van der Waals surface area (Å²) in [6.45, 7) is 6.93. The van der Waals surface area contributed by atoms with Crippen molar-refractivity contribution in [2.45, 2.75) is 33.8 Å². The third-order valence-electron chi connectivity index (χ3n) is 3.86. The fourth-order valence-corrected chi connectivity index (χ4v) is 2.15. The third kappa shape index (κ3) is 5.41. The number of phenols is 1. The Hall–Kier alpha value is -3.15. The zero-order valence-corrected chi connectivity index (χ0v) is 15.8. The molecule has 2 N–H and O–H groups in total. The summed E-state index contributed by atoms with van der Waals surface area (Å²) in [6, 6.07) is 12.0. The summed E-state index contributed by atoms with van der Waals surface area (Å²) in [5, 5.41) is 12.0. The number of ether oxygens (including phenoxy) is 1. The number of Topliss-reactive ketones (excluding diaryl/α,β-unsaturated/α-hetero) is 1. The second-order valence-corrected chi connectivity index (χ2v) is 7.24. The van der Waals surface area contributed by atoms with E-state index in [1.54, 1.807) is 24.3 Å². The van der Waals surface area contributed by atoms with Crippen LogP contribution in [0.5, 0.6) is 5.75 Å². The van der Waals surface area contributed by atoms with E-state index in [-0.39, 0.29) is 23.0 Å². The van der Waals surface area contributed by atoms with Crippen molar-refractivity contribution in [3.8, 4) is 5.75 Å². The van der Waals surface area contributed by atoms with Crippen LogP contribution in [0, 0.1) is 5.41 Å². The SMILES string of the molecule is CC(OC(=O)c1ccc(O)cc1)C(=O)c1ccc(NC(=O)C(C)(C)C)cc1. The molecule has 1 unspecified atom stereocenters. The number of anilines is 1. The number of ketones is 1. The second-order valence-electron chi connectivity index (χ2n) is 7.24. The van der Waals surface area contributed by atoms with Gasteiger partial charge < -0.3 is 15.2 Å². The van der Waals surface area contributed by atoms with E-state index in [9.17, 15) is 19.5 Å². The molecular weight excluding hydrogens is 346 g/mol. The van der Waals surface area contributed by atoms with Gasteiger partial charge in [0.15, 0.2) is 6.10 Å². The highest BCUT2D eigenvalue weighted by molar-refractivity contribution is 6.02. The molecule has 142 valence electrons. The maximum absolute atomic E-state index is 12.5. The lowest BCUT2D eigenvalue weighted by Crippen LogP contribution is -2.27. The van der Waals surface area contributed by atoms with Crippen molar-refractivity contribution in [3.05, 3.63) is 59.7 Å². The van der Waals surface area contributed by atoms with Gasteiger partial charge in [-0.2, -0.15) is 0 Å². The molecule has 1 atom stereocenters. The van der Waals surface area contributed by atoms with E-state index in [1.165, 1.54) is 31.2 Å². The summed E-state index contributed by atoms with van der Waals surface area (Å²) in [6.07, 6.45) is -0.971. The number of hydrogen-bond donors (Lipinski definition) is 2. The van der Waals surface area contributed by atoms with Crippen molar-refractivity contribution in [3.63, 3.8) is 0 Å². The van der Waals surface area contributed by atoms with Gasteiger partial charge in [-0.05, 0) is 55.5 Å². The molecule has 1 amide bonds. The molecule has 0 heterocycles. The third-order valence-corrected chi connectivity index (χ3v) is 3.86. The number of aromatic hydroxyl groups is 1. The van der Waals surface area contributed by atoms with Gasteiger partial charge in [-0.3, -0.25) is 9.59 Å². The number of benzene rings is 2. The number of carbonyl (C=O) groups excluding carboxylic acids is 3. The quantitative estimate of drug-likeness (QED) is 0.618. The van der Waals surface area contributed by atoms with E-state index < -0.39 is 17.5 Å². The van der Waals surface area contributed by atoms with Gasteiger partial charge in [0.25, 0.3) is 0 Å². The number of esters is 1. The minimum Gasteiger partial charge on any atom is -0.508 e. The molecule has 27 heavy (non-hydrogen) atoms. The van der Waals surface area contributed by atoms with Crippen LogP contribution in [0.3, 0.4) is 0 Å². The number of nitrogens with one attached hydrogen (secondary N) is 1. The molecule has 0 saturated heterocycles. The lowest BCUT2D eigenvalue weighted by molar-refractivity contribution is -0.123. The normalized spacial score (nSPS) is 12.1. The first-order chi connectivity index (χ1) is 12.6. The highest BCUT2D eigenvalue weighted by atomic mass is 16.5. The van der Waals surface area contributed by atoms with Crippen molar-refractivity contribution < 1.29 is 24.2 Å². The first-order valence-electron chi connectivity index (χ1n) is 8.53. The van der Waals surface area contributed by atoms with Crippen LogP contribution in [0.1, 0.15) is 48.4 Å². The van der Waals surface area contributed by atoms with Crippen LogP contribution in [0.4, 0.5) is 5.69 Å². The van der Waals surface area contributed by atoms with E-state index in [0.29, 0.717) is 11.3 Å². The molecule has 0 aliphatic carbocycles. The van der Waals surface area contributed by atoms with Crippen molar-refractivity contribution in [1.29, 1.82) is 0 Å². The van der Waals surface area contributed by atoms with Crippen LogP contribution in [0.25, 0.3) is 0 Å². The Morgan fingerprint density at radius 2 is 1.44 bits per heavy atom. The Labute approximate surface area is 158 Å². The van der Waals surface area contributed by atoms with Gasteiger partial charge in [0.2, 0.25) is 11.7 Å². The average Bonchev–Trinajstić information content (AvgIpc) is 2.61. The monoisotopic (exact) mass is 369 g/mol. The van der Waals surface area contributed by atoms with E-state index in [2.05, 4.69) is 5.32 Å². The molecular formula is C21H23NO5. The molecule has 0 saturated carbocycles. The lowest BCUT2D eigenvalue weighted by Gasteiger charge is -2.18.